The summed E-state index contributed by atoms with van der Waals surface area (Å²) in [5, 5.41) is 11.3. The highest BCUT2D eigenvalue weighted by Crippen LogP contribution is 2.27. The van der Waals surface area contributed by atoms with Crippen LogP contribution in [0.1, 0.15) is 25.1 Å². The van der Waals surface area contributed by atoms with Gasteiger partial charge in [0.15, 0.2) is 0 Å². The van der Waals surface area contributed by atoms with Crippen LogP contribution in [0.3, 0.4) is 0 Å². The van der Waals surface area contributed by atoms with Gasteiger partial charge in [0, 0.05) is 11.5 Å². The maximum atomic E-state index is 9.19. The summed E-state index contributed by atoms with van der Waals surface area (Å²) in [5.41, 5.74) is 0.0743. The van der Waals surface area contributed by atoms with E-state index in [4.69, 9.17) is 0 Å². The fourth-order valence-electron chi connectivity index (χ4n) is 1.13. The molecule has 0 amide bonds. The van der Waals surface area contributed by atoms with Crippen LogP contribution in [0.2, 0.25) is 0 Å². The van der Waals surface area contributed by atoms with Crippen LogP contribution in [0.4, 0.5) is 0 Å². The van der Waals surface area contributed by atoms with Crippen molar-refractivity contribution < 1.29 is 5.11 Å². The van der Waals surface area contributed by atoms with Crippen LogP contribution in [-0.2, 0) is 6.42 Å². The third-order valence-electron chi connectivity index (χ3n) is 2.42. The maximum Gasteiger partial charge on any atom is 0.0488 e. The first-order valence-corrected chi connectivity index (χ1v) is 5.21. The zero-order chi connectivity index (χ0) is 9.03. The second kappa shape index (κ2) is 4.06. The number of hydrogen-bond donors (Lipinski definition) is 1. The van der Waals surface area contributed by atoms with Crippen LogP contribution >= 0.6 is 11.3 Å². The van der Waals surface area contributed by atoms with Gasteiger partial charge in [-0.1, -0.05) is 19.9 Å². The van der Waals surface area contributed by atoms with E-state index >= 15 is 0 Å². The molecule has 1 aromatic heterocycles. The van der Waals surface area contributed by atoms with Gasteiger partial charge in [-0.25, -0.2) is 0 Å². The Labute approximate surface area is 78.1 Å². The fraction of sp³-hybridized carbons (Fsp3) is 0.600. The first-order chi connectivity index (χ1) is 5.70. The zero-order valence-corrected chi connectivity index (χ0v) is 8.53. The Morgan fingerprint density at radius 2 is 2.33 bits per heavy atom. The van der Waals surface area contributed by atoms with Crippen LogP contribution in [0, 0.1) is 5.41 Å². The van der Waals surface area contributed by atoms with Crippen LogP contribution < -0.4 is 0 Å². The molecule has 1 nitrogen and oxygen atoms in total. The molecule has 0 bridgehead atoms. The third kappa shape index (κ3) is 2.32. The Kier molecular flexibility index (Phi) is 3.29. The highest BCUT2D eigenvalue weighted by molar-refractivity contribution is 7.09. The standard InChI is InChI=1S/C10H16OS/c1-3-10(2,8-11)7-9-5-4-6-12-9/h4-6,11H,3,7-8H2,1-2H3. The topological polar surface area (TPSA) is 20.2 Å². The molecule has 0 spiro atoms. The second-order valence-corrected chi connectivity index (χ2v) is 4.61. The first kappa shape index (κ1) is 9.75. The van der Waals surface area contributed by atoms with Crippen LogP contribution in [0.25, 0.3) is 0 Å². The molecule has 0 aliphatic heterocycles. The zero-order valence-electron chi connectivity index (χ0n) is 7.71. The highest BCUT2D eigenvalue weighted by Gasteiger charge is 2.21. The fourth-order valence-corrected chi connectivity index (χ4v) is 2.05. The molecular formula is C10H16OS. The highest BCUT2D eigenvalue weighted by atomic mass is 32.1. The van der Waals surface area contributed by atoms with Crippen molar-refractivity contribution in [3.63, 3.8) is 0 Å². The Morgan fingerprint density at radius 3 is 2.75 bits per heavy atom. The van der Waals surface area contributed by atoms with E-state index in [-0.39, 0.29) is 12.0 Å². The van der Waals surface area contributed by atoms with Gasteiger partial charge < -0.3 is 5.11 Å². The van der Waals surface area contributed by atoms with E-state index in [2.05, 4.69) is 31.4 Å². The predicted molar refractivity (Wildman–Crippen MR) is 53.5 cm³/mol. The van der Waals surface area contributed by atoms with E-state index < -0.39 is 0 Å². The van der Waals surface area contributed by atoms with Gasteiger partial charge in [0.2, 0.25) is 0 Å². The normalized spacial score (nSPS) is 15.9. The molecule has 0 saturated carbocycles. The molecule has 2 heteroatoms. The average molecular weight is 184 g/mol. The molecule has 1 unspecified atom stereocenters. The van der Waals surface area contributed by atoms with E-state index in [0.717, 1.165) is 12.8 Å². The first-order valence-electron chi connectivity index (χ1n) is 4.33. The minimum Gasteiger partial charge on any atom is -0.396 e. The Balaban J connectivity index is 2.60. The number of aliphatic hydroxyl groups is 1. The molecule has 1 heterocycles. The molecule has 0 aromatic carbocycles. The largest absolute Gasteiger partial charge is 0.396 e. The maximum absolute atomic E-state index is 9.19. The molecule has 1 rings (SSSR count). The van der Waals surface area contributed by atoms with Crippen LogP contribution in [-0.4, -0.2) is 11.7 Å². The van der Waals surface area contributed by atoms with Gasteiger partial charge in [-0.15, -0.1) is 11.3 Å². The van der Waals surface area contributed by atoms with Crippen molar-refractivity contribution in [3.05, 3.63) is 22.4 Å². The number of rotatable bonds is 4. The van der Waals surface area contributed by atoms with Crippen molar-refractivity contribution in [2.45, 2.75) is 26.7 Å². The minimum atomic E-state index is 0.0743. The molecule has 0 saturated heterocycles. The Bertz CT molecular complexity index is 212. The van der Waals surface area contributed by atoms with Crippen molar-refractivity contribution in [2.75, 3.05) is 6.61 Å². The monoisotopic (exact) mass is 184 g/mol. The van der Waals surface area contributed by atoms with Gasteiger partial charge in [0.1, 0.15) is 0 Å². The molecule has 0 aliphatic carbocycles. The summed E-state index contributed by atoms with van der Waals surface area (Å²) in [6.07, 6.45) is 2.03. The second-order valence-electron chi connectivity index (χ2n) is 3.58. The van der Waals surface area contributed by atoms with Crippen molar-refractivity contribution >= 4 is 11.3 Å². The lowest BCUT2D eigenvalue weighted by atomic mass is 9.84. The van der Waals surface area contributed by atoms with Crippen molar-refractivity contribution in [1.82, 2.24) is 0 Å². The van der Waals surface area contributed by atoms with E-state index in [1.807, 2.05) is 0 Å². The SMILES string of the molecule is CCC(C)(CO)Cc1cccs1. The number of hydrogen-bond acceptors (Lipinski definition) is 2. The Morgan fingerprint density at radius 1 is 1.58 bits per heavy atom. The van der Waals surface area contributed by atoms with Gasteiger partial charge in [0.05, 0.1) is 0 Å². The molecule has 0 aliphatic rings. The molecular weight excluding hydrogens is 168 g/mol. The average Bonchev–Trinajstić information content (AvgIpc) is 2.57. The summed E-state index contributed by atoms with van der Waals surface area (Å²) in [5.74, 6) is 0. The number of aliphatic hydroxyl groups excluding tert-OH is 1. The quantitative estimate of drug-likeness (QED) is 0.762. The van der Waals surface area contributed by atoms with Crippen LogP contribution in [0.15, 0.2) is 17.5 Å². The smallest absolute Gasteiger partial charge is 0.0488 e. The van der Waals surface area contributed by atoms with E-state index in [1.165, 1.54) is 4.88 Å². The summed E-state index contributed by atoms with van der Waals surface area (Å²) in [4.78, 5) is 1.37. The lowest BCUT2D eigenvalue weighted by molar-refractivity contribution is 0.138. The van der Waals surface area contributed by atoms with Gasteiger partial charge in [-0.2, -0.15) is 0 Å². The third-order valence-corrected chi connectivity index (χ3v) is 3.29. The Hall–Kier alpha value is -0.340. The summed E-state index contributed by atoms with van der Waals surface area (Å²) >= 11 is 1.77. The minimum absolute atomic E-state index is 0.0743. The molecule has 1 atom stereocenters. The van der Waals surface area contributed by atoms with Gasteiger partial charge in [0.25, 0.3) is 0 Å². The summed E-state index contributed by atoms with van der Waals surface area (Å²) in [6, 6.07) is 4.20. The predicted octanol–water partition coefficient (Wildman–Crippen LogP) is 2.70. The molecule has 1 N–H and O–H groups in total. The van der Waals surface area contributed by atoms with Crippen LogP contribution in [0.5, 0.6) is 0 Å². The molecule has 0 fully saturated rings. The summed E-state index contributed by atoms with van der Waals surface area (Å²) in [6.45, 7) is 4.54. The van der Waals surface area contributed by atoms with E-state index in [0.29, 0.717) is 0 Å². The molecule has 1 aromatic rings. The van der Waals surface area contributed by atoms with Gasteiger partial charge in [-0.05, 0) is 29.7 Å². The number of thiophene rings is 1. The summed E-state index contributed by atoms with van der Waals surface area (Å²) in [7, 11) is 0. The van der Waals surface area contributed by atoms with Crippen molar-refractivity contribution in [2.24, 2.45) is 5.41 Å². The molecule has 68 valence electrons. The van der Waals surface area contributed by atoms with Crippen molar-refractivity contribution in [3.8, 4) is 0 Å². The van der Waals surface area contributed by atoms with Crippen molar-refractivity contribution in [1.29, 1.82) is 0 Å². The van der Waals surface area contributed by atoms with Gasteiger partial charge >= 0.3 is 0 Å². The van der Waals surface area contributed by atoms with E-state index in [9.17, 15) is 5.11 Å². The molecule has 12 heavy (non-hydrogen) atoms. The lowest BCUT2D eigenvalue weighted by Gasteiger charge is -2.24. The summed E-state index contributed by atoms with van der Waals surface area (Å²) < 4.78 is 0. The molecule has 0 radical (unpaired) electrons. The van der Waals surface area contributed by atoms with Gasteiger partial charge in [-0.3, -0.25) is 0 Å². The lowest BCUT2D eigenvalue weighted by Crippen LogP contribution is -2.22. The van der Waals surface area contributed by atoms with E-state index in [1.54, 1.807) is 11.3 Å².